The molecule has 0 rings (SSSR count). The van der Waals surface area contributed by atoms with E-state index in [1.165, 1.54) is 0 Å². The minimum absolute atomic E-state index is 0.388. The first-order valence-electron chi connectivity index (χ1n) is 5.68. The third-order valence-electron chi connectivity index (χ3n) is 1.83. The molecule has 0 aliphatic heterocycles. The molecule has 100 valence electrons. The van der Waals surface area contributed by atoms with Crippen molar-refractivity contribution in [2.45, 2.75) is 13.3 Å². The lowest BCUT2D eigenvalue weighted by Crippen LogP contribution is -2.28. The molecule has 7 heteroatoms. The van der Waals surface area contributed by atoms with Gasteiger partial charge in [-0.1, -0.05) is 11.8 Å². The van der Waals surface area contributed by atoms with Gasteiger partial charge in [-0.05, 0) is 40.5 Å². The van der Waals surface area contributed by atoms with Crippen molar-refractivity contribution in [1.82, 2.24) is 10.2 Å². The summed E-state index contributed by atoms with van der Waals surface area (Å²) in [5, 5.41) is 3.26. The van der Waals surface area contributed by atoms with Crippen molar-refractivity contribution < 1.29 is 9.78 Å². The number of hydrogen-bond donors (Lipinski definition) is 1. The van der Waals surface area contributed by atoms with Gasteiger partial charge in [-0.2, -0.15) is 4.89 Å². The Hall–Kier alpha value is -0.130. The minimum Gasteiger partial charge on any atom is -0.320 e. The highest BCUT2D eigenvalue weighted by Gasteiger charge is 2.01. The Labute approximate surface area is 110 Å². The molecule has 0 bridgehead atoms. The van der Waals surface area contributed by atoms with Crippen molar-refractivity contribution in [2.75, 3.05) is 46.6 Å². The van der Waals surface area contributed by atoms with Crippen LogP contribution in [-0.2, 0) is 21.6 Å². The maximum atomic E-state index is 5.05. The lowest BCUT2D eigenvalue weighted by molar-refractivity contribution is -0.204. The highest BCUT2D eigenvalue weighted by atomic mass is 32.4. The van der Waals surface area contributed by atoms with Gasteiger partial charge in [0.25, 0.3) is 0 Å². The average molecular weight is 279 g/mol. The Morgan fingerprint density at radius 1 is 1.47 bits per heavy atom. The zero-order chi connectivity index (χ0) is 12.9. The Morgan fingerprint density at radius 2 is 2.24 bits per heavy atom. The van der Waals surface area contributed by atoms with Crippen LogP contribution in [0.5, 0.6) is 0 Å². The van der Waals surface area contributed by atoms with Gasteiger partial charge < -0.3 is 15.1 Å². The van der Waals surface area contributed by atoms with Crippen molar-refractivity contribution in [2.24, 2.45) is 4.99 Å². The van der Waals surface area contributed by atoms with Crippen LogP contribution in [-0.4, -0.2) is 57.4 Å². The maximum absolute atomic E-state index is 5.05. The second kappa shape index (κ2) is 12.3. The van der Waals surface area contributed by atoms with Crippen molar-refractivity contribution in [3.8, 4) is 0 Å². The third kappa shape index (κ3) is 12.1. The van der Waals surface area contributed by atoms with Crippen molar-refractivity contribution >= 4 is 25.1 Å². The summed E-state index contributed by atoms with van der Waals surface area (Å²) in [6.07, 6.45) is 1.48. The molecule has 0 aliphatic rings. The van der Waals surface area contributed by atoms with Gasteiger partial charge in [-0.15, -0.1) is 0 Å². The summed E-state index contributed by atoms with van der Waals surface area (Å²) < 4.78 is 0. The quantitative estimate of drug-likeness (QED) is 0.163. The molecule has 0 saturated heterocycles. The molecular formula is C10H22N3O2PS. The summed E-state index contributed by atoms with van der Waals surface area (Å²) in [4.78, 5) is 16.3. The molecule has 17 heavy (non-hydrogen) atoms. The van der Waals surface area contributed by atoms with Crippen molar-refractivity contribution in [3.63, 3.8) is 0 Å². The molecule has 0 spiro atoms. The monoisotopic (exact) mass is 279 g/mol. The third-order valence-corrected chi connectivity index (χ3v) is 2.36. The summed E-state index contributed by atoms with van der Waals surface area (Å²) in [5.41, 5.74) is 0. The number of aliphatic imine (C=N–C) groups is 1. The van der Waals surface area contributed by atoms with Gasteiger partial charge in [0.05, 0.1) is 6.54 Å². The smallest absolute Gasteiger partial charge is 0.241 e. The van der Waals surface area contributed by atoms with Crippen LogP contribution in [0.2, 0.25) is 0 Å². The zero-order valence-corrected chi connectivity index (χ0v) is 12.5. The number of hydrogen-bond acceptors (Lipinski definition) is 6. The minimum atomic E-state index is 0.388. The Kier molecular flexibility index (Phi) is 12.2. The predicted molar refractivity (Wildman–Crippen MR) is 75.3 cm³/mol. The van der Waals surface area contributed by atoms with E-state index in [0.29, 0.717) is 25.3 Å². The van der Waals surface area contributed by atoms with E-state index in [1.54, 1.807) is 0 Å². The lowest BCUT2D eigenvalue weighted by atomic mass is 10.4. The fourth-order valence-electron chi connectivity index (χ4n) is 1.12. The van der Waals surface area contributed by atoms with Crippen LogP contribution in [0, 0.1) is 0 Å². The molecule has 0 aromatic heterocycles. The molecule has 0 fully saturated rings. The second-order valence-corrected chi connectivity index (χ2v) is 4.95. The highest BCUT2D eigenvalue weighted by Crippen LogP contribution is 1.94. The standard InChI is InChI=1S/C10H22N3O2PS/c1-4-12-10(15-14-9-16-17)8-11-6-5-7-13(2)3/h11H,4-9H2,1-3H3. The molecule has 0 aromatic rings. The van der Waals surface area contributed by atoms with Gasteiger partial charge in [0.2, 0.25) is 5.90 Å². The largest absolute Gasteiger partial charge is 0.320 e. The molecule has 5 nitrogen and oxygen atoms in total. The SMILES string of the molecule is CCN=C(CNCCCN(C)C)OOCP=S. The molecular weight excluding hydrogens is 257 g/mol. The summed E-state index contributed by atoms with van der Waals surface area (Å²) >= 11 is 4.72. The predicted octanol–water partition coefficient (Wildman–Crippen LogP) is 1.26. The van der Waals surface area contributed by atoms with E-state index in [0.717, 1.165) is 26.9 Å². The average Bonchev–Trinajstić information content (AvgIpc) is 2.28. The first-order valence-corrected chi connectivity index (χ1v) is 7.77. The normalized spacial score (nSPS) is 12.4. The van der Waals surface area contributed by atoms with Gasteiger partial charge >= 0.3 is 0 Å². The second-order valence-electron chi connectivity index (χ2n) is 3.66. The summed E-state index contributed by atoms with van der Waals surface area (Å²) in [7, 11) is 4.86. The van der Waals surface area contributed by atoms with Gasteiger partial charge in [-0.25, -0.2) is 0 Å². The van der Waals surface area contributed by atoms with E-state index in [9.17, 15) is 0 Å². The maximum Gasteiger partial charge on any atom is 0.241 e. The van der Waals surface area contributed by atoms with E-state index < -0.39 is 0 Å². The highest BCUT2D eigenvalue weighted by molar-refractivity contribution is 7.96. The van der Waals surface area contributed by atoms with Crippen LogP contribution in [0.1, 0.15) is 13.3 Å². The van der Waals surface area contributed by atoms with E-state index >= 15 is 0 Å². The molecule has 0 unspecified atom stereocenters. The van der Waals surface area contributed by atoms with Gasteiger partial charge in [0, 0.05) is 13.9 Å². The Bertz CT molecular complexity index is 228. The van der Waals surface area contributed by atoms with Crippen molar-refractivity contribution in [1.29, 1.82) is 0 Å². The first-order chi connectivity index (χ1) is 8.20. The van der Waals surface area contributed by atoms with E-state index in [4.69, 9.17) is 21.6 Å². The summed E-state index contributed by atoms with van der Waals surface area (Å²) in [5.74, 6) is 0.580. The molecule has 0 radical (unpaired) electrons. The molecule has 0 saturated carbocycles. The number of nitrogens with zero attached hydrogens (tertiary/aromatic N) is 2. The number of nitrogens with one attached hydrogen (secondary N) is 1. The summed E-state index contributed by atoms with van der Waals surface area (Å²) in [6, 6.07) is 0. The fourth-order valence-corrected chi connectivity index (χ4v) is 1.34. The summed E-state index contributed by atoms with van der Waals surface area (Å²) in [6.45, 7) is 5.24. The van der Waals surface area contributed by atoms with E-state index in [-0.39, 0.29) is 0 Å². The molecule has 0 atom stereocenters. The van der Waals surface area contributed by atoms with Crippen LogP contribution in [0.4, 0.5) is 0 Å². The molecule has 1 N–H and O–H groups in total. The van der Waals surface area contributed by atoms with Gasteiger partial charge in [0.1, 0.15) is 6.35 Å². The van der Waals surface area contributed by atoms with Crippen LogP contribution < -0.4 is 5.32 Å². The van der Waals surface area contributed by atoms with Crippen LogP contribution >= 0.6 is 7.36 Å². The molecule has 0 aliphatic carbocycles. The Morgan fingerprint density at radius 3 is 2.82 bits per heavy atom. The fraction of sp³-hybridized carbons (Fsp3) is 0.900. The first kappa shape index (κ1) is 16.9. The van der Waals surface area contributed by atoms with Gasteiger partial charge in [-0.3, -0.25) is 4.99 Å². The molecule has 0 amide bonds. The van der Waals surface area contributed by atoms with Crippen LogP contribution in [0.25, 0.3) is 0 Å². The van der Waals surface area contributed by atoms with Crippen LogP contribution in [0.15, 0.2) is 4.99 Å². The molecule has 0 heterocycles. The van der Waals surface area contributed by atoms with Crippen molar-refractivity contribution in [3.05, 3.63) is 0 Å². The topological polar surface area (TPSA) is 46.1 Å². The zero-order valence-electron chi connectivity index (χ0n) is 10.8. The van der Waals surface area contributed by atoms with E-state index in [1.807, 2.05) is 6.92 Å². The van der Waals surface area contributed by atoms with E-state index in [2.05, 4.69) is 29.3 Å². The molecule has 0 aromatic carbocycles. The van der Waals surface area contributed by atoms with Crippen LogP contribution in [0.3, 0.4) is 0 Å². The lowest BCUT2D eigenvalue weighted by Gasteiger charge is -2.10. The number of rotatable bonds is 10. The van der Waals surface area contributed by atoms with Gasteiger partial charge in [0.15, 0.2) is 0 Å². The Balaban J connectivity index is 3.63.